The van der Waals surface area contributed by atoms with Gasteiger partial charge in [0.05, 0.1) is 22.8 Å². The zero-order valence-corrected chi connectivity index (χ0v) is 30.7. The van der Waals surface area contributed by atoms with Gasteiger partial charge in [-0.3, -0.25) is 0 Å². The van der Waals surface area contributed by atoms with E-state index in [0.29, 0.717) is 0 Å². The molecule has 4 nitrogen and oxygen atoms in total. The number of hydrogen-bond donors (Lipinski definition) is 1. The summed E-state index contributed by atoms with van der Waals surface area (Å²) in [5.74, 6) is 0. The second kappa shape index (κ2) is 15.2. The van der Waals surface area contributed by atoms with Gasteiger partial charge in [-0.2, -0.15) is 0 Å². The summed E-state index contributed by atoms with van der Waals surface area (Å²) in [5.41, 5.74) is 19.4. The number of aromatic nitrogens is 4. The molecular formula is C36H46Cl2N4Pt. The Balaban J connectivity index is 0.00000135. The SMILES string of the molecule is CCC1=Cc2cc3nc(cc4c(CC)c(CC)c(c(CC)c5[nH]c(c(CC)c1n2)c(CC)c5CC)n4CC)C=C3.[Cl][Pt][Cl]. The van der Waals surface area contributed by atoms with Gasteiger partial charge in [-0.25, -0.2) is 9.97 Å². The van der Waals surface area contributed by atoms with Crippen LogP contribution < -0.4 is 0 Å². The molecule has 0 aromatic carbocycles. The molecule has 8 bridgehead atoms. The molecule has 0 radical (unpaired) electrons. The van der Waals surface area contributed by atoms with Crippen LogP contribution in [0.1, 0.15) is 118 Å². The molecule has 5 heterocycles. The van der Waals surface area contributed by atoms with Gasteiger partial charge in [0.2, 0.25) is 0 Å². The van der Waals surface area contributed by atoms with Crippen LogP contribution in [0.3, 0.4) is 0 Å². The van der Waals surface area contributed by atoms with Crippen LogP contribution in [0, 0.1) is 0 Å². The molecule has 0 spiro atoms. The van der Waals surface area contributed by atoms with Crippen molar-refractivity contribution in [2.45, 2.75) is 107 Å². The number of nitrogens with one attached hydrogen (secondary N) is 1. The molecular weight excluding hydrogens is 754 g/mol. The molecule has 3 aromatic heterocycles. The molecule has 5 rings (SSSR count). The number of hydrogen-bond acceptors (Lipinski definition) is 2. The number of fused-ring (bicyclic) bond motifs is 8. The van der Waals surface area contributed by atoms with Gasteiger partial charge in [-0.1, -0.05) is 48.5 Å². The van der Waals surface area contributed by atoms with E-state index < -0.39 is 16.5 Å². The molecule has 7 heteroatoms. The minimum absolute atomic E-state index is 0.472. The zero-order valence-electron chi connectivity index (χ0n) is 27.0. The van der Waals surface area contributed by atoms with Crippen LogP contribution >= 0.6 is 18.8 Å². The van der Waals surface area contributed by atoms with Gasteiger partial charge < -0.3 is 9.55 Å². The van der Waals surface area contributed by atoms with Gasteiger partial charge >= 0.3 is 35.3 Å². The Hall–Kier alpha value is -2.13. The first-order valence-electron chi connectivity index (χ1n) is 15.9. The van der Waals surface area contributed by atoms with Gasteiger partial charge in [0.1, 0.15) is 0 Å². The monoisotopic (exact) mass is 799 g/mol. The van der Waals surface area contributed by atoms with E-state index in [-0.39, 0.29) is 0 Å². The summed E-state index contributed by atoms with van der Waals surface area (Å²) < 4.78 is 2.57. The van der Waals surface area contributed by atoms with E-state index in [0.717, 1.165) is 74.3 Å². The molecule has 2 aliphatic rings. The van der Waals surface area contributed by atoms with Crippen LogP contribution in [0.2, 0.25) is 0 Å². The number of nitrogens with zero attached hydrogens (tertiary/aromatic N) is 3. The van der Waals surface area contributed by atoms with Crippen LogP contribution in [-0.2, 0) is 61.6 Å². The number of aromatic amines is 1. The average Bonchev–Trinajstić information content (AvgIpc) is 3.78. The number of H-pyrrole nitrogens is 1. The van der Waals surface area contributed by atoms with E-state index in [1.165, 1.54) is 61.0 Å². The van der Waals surface area contributed by atoms with Crippen molar-refractivity contribution in [2.24, 2.45) is 0 Å². The van der Waals surface area contributed by atoms with Crippen molar-refractivity contribution < 1.29 is 16.5 Å². The second-order valence-corrected chi connectivity index (χ2v) is 14.2. The molecule has 0 unspecified atom stereocenters. The fraction of sp³-hybridized carbons (Fsp3) is 0.444. The summed E-state index contributed by atoms with van der Waals surface area (Å²) in [6.07, 6.45) is 13.5. The predicted octanol–water partition coefficient (Wildman–Crippen LogP) is 10.7. The molecule has 0 saturated heterocycles. The molecule has 0 fully saturated rings. The number of rotatable bonds is 8. The number of halogens is 2. The molecule has 2 aliphatic heterocycles. The summed E-state index contributed by atoms with van der Waals surface area (Å²) in [7, 11) is 9.75. The Bertz CT molecular complexity index is 1710. The topological polar surface area (TPSA) is 46.5 Å². The van der Waals surface area contributed by atoms with Crippen molar-refractivity contribution in [3.63, 3.8) is 0 Å². The maximum absolute atomic E-state index is 5.22. The third-order valence-electron chi connectivity index (χ3n) is 8.86. The Morgan fingerprint density at radius 3 is 1.67 bits per heavy atom. The standard InChI is InChI=1S/C36H46N4.2ClH.Pt/c1-9-22-19-25-20-23-17-18-24(37-23)21-32-26(10-2)29(13-5)36(40(32)16-8)31(15-7)35-28(12-4)27(11-3)34(39-35)30(14-6)33(22)38-25;;;/h17-21,39H,9-16H2,1-8H3;2*1H;/q;;;+2/p-2. The van der Waals surface area contributed by atoms with E-state index in [1.807, 2.05) is 0 Å². The van der Waals surface area contributed by atoms with E-state index in [9.17, 15) is 0 Å². The van der Waals surface area contributed by atoms with Gasteiger partial charge in [0.15, 0.2) is 0 Å². The quantitative estimate of drug-likeness (QED) is 0.193. The summed E-state index contributed by atoms with van der Waals surface area (Å²) in [5, 5.41) is 0. The molecule has 0 saturated carbocycles. The van der Waals surface area contributed by atoms with Crippen LogP contribution in [-0.4, -0.2) is 19.5 Å². The minimum atomic E-state index is -0.472. The molecule has 0 amide bonds. The second-order valence-electron chi connectivity index (χ2n) is 10.9. The van der Waals surface area contributed by atoms with Gasteiger partial charge in [0.25, 0.3) is 0 Å². The predicted molar refractivity (Wildman–Crippen MR) is 185 cm³/mol. The molecule has 0 atom stereocenters. The number of aryl methyl sites for hydroxylation is 7. The molecule has 1 N–H and O–H groups in total. The summed E-state index contributed by atoms with van der Waals surface area (Å²) >= 11 is -0.472. The molecule has 234 valence electrons. The molecule has 0 aliphatic carbocycles. The van der Waals surface area contributed by atoms with Crippen LogP contribution in [0.15, 0.2) is 12.1 Å². The van der Waals surface area contributed by atoms with Crippen molar-refractivity contribution in [3.05, 3.63) is 68.3 Å². The van der Waals surface area contributed by atoms with Crippen molar-refractivity contribution in [2.75, 3.05) is 0 Å². The average molecular weight is 801 g/mol. The zero-order chi connectivity index (χ0) is 31.3. The Morgan fingerprint density at radius 1 is 0.628 bits per heavy atom. The van der Waals surface area contributed by atoms with E-state index >= 15 is 0 Å². The van der Waals surface area contributed by atoms with Crippen molar-refractivity contribution in [3.8, 4) is 0 Å². The molecule has 43 heavy (non-hydrogen) atoms. The van der Waals surface area contributed by atoms with E-state index in [2.05, 4.69) is 95.3 Å². The number of allylic oxidation sites excluding steroid dienone is 1. The van der Waals surface area contributed by atoms with Gasteiger partial charge in [0, 0.05) is 34.2 Å². The van der Waals surface area contributed by atoms with Gasteiger partial charge in [-0.05, 0) is 116 Å². The third-order valence-corrected chi connectivity index (χ3v) is 8.86. The molecule has 3 aromatic rings. The maximum atomic E-state index is 5.22. The summed E-state index contributed by atoms with van der Waals surface area (Å²) in [6.45, 7) is 19.3. The van der Waals surface area contributed by atoms with E-state index in [1.54, 1.807) is 0 Å². The summed E-state index contributed by atoms with van der Waals surface area (Å²) in [6, 6.07) is 4.45. The van der Waals surface area contributed by atoms with Crippen LogP contribution in [0.5, 0.6) is 0 Å². The van der Waals surface area contributed by atoms with Crippen molar-refractivity contribution >= 4 is 64.7 Å². The third kappa shape index (κ3) is 6.35. The van der Waals surface area contributed by atoms with Crippen molar-refractivity contribution in [1.29, 1.82) is 0 Å². The van der Waals surface area contributed by atoms with Crippen molar-refractivity contribution in [1.82, 2.24) is 19.5 Å². The van der Waals surface area contributed by atoms with Crippen LogP contribution in [0.4, 0.5) is 0 Å². The Morgan fingerprint density at radius 2 is 1.16 bits per heavy atom. The fourth-order valence-electron chi connectivity index (χ4n) is 7.09. The first kappa shape index (κ1) is 33.8. The Kier molecular flexibility index (Phi) is 12.0. The first-order valence-corrected chi connectivity index (χ1v) is 21.6. The van der Waals surface area contributed by atoms with Gasteiger partial charge in [-0.15, -0.1) is 0 Å². The Labute approximate surface area is 274 Å². The van der Waals surface area contributed by atoms with E-state index in [4.69, 9.17) is 28.8 Å². The van der Waals surface area contributed by atoms with Crippen LogP contribution in [0.25, 0.3) is 45.9 Å². The normalized spacial score (nSPS) is 12.5. The summed E-state index contributed by atoms with van der Waals surface area (Å²) in [4.78, 5) is 14.3. The first-order chi connectivity index (χ1) is 20.9. The fourth-order valence-corrected chi connectivity index (χ4v) is 7.09.